The highest BCUT2D eigenvalue weighted by Crippen LogP contribution is 2.30. The number of piperazine rings is 1. The molecule has 1 N–H and O–H groups in total. The third-order valence-corrected chi connectivity index (χ3v) is 3.96. The summed E-state index contributed by atoms with van der Waals surface area (Å²) in [5.74, 6) is 1.82. The predicted octanol–water partition coefficient (Wildman–Crippen LogP) is 1.69. The van der Waals surface area contributed by atoms with Gasteiger partial charge in [0.25, 0.3) is 0 Å². The number of benzene rings is 1. The summed E-state index contributed by atoms with van der Waals surface area (Å²) in [6, 6.07) is 6.38. The van der Waals surface area contributed by atoms with Gasteiger partial charge in [-0.15, -0.1) is 0 Å². The van der Waals surface area contributed by atoms with E-state index in [0.717, 1.165) is 50.6 Å². The minimum atomic E-state index is 0.759. The zero-order valence-corrected chi connectivity index (χ0v) is 12.1. The van der Waals surface area contributed by atoms with Crippen LogP contribution in [0.2, 0.25) is 0 Å². The van der Waals surface area contributed by atoms with Gasteiger partial charge in [-0.25, -0.2) is 0 Å². The molecule has 0 saturated carbocycles. The summed E-state index contributed by atoms with van der Waals surface area (Å²) in [4.78, 5) is 2.54. The van der Waals surface area contributed by atoms with Crippen LogP contribution in [0.4, 0.5) is 0 Å². The van der Waals surface area contributed by atoms with Crippen molar-refractivity contribution < 1.29 is 9.47 Å². The number of ether oxygens (including phenoxy) is 2. The Morgan fingerprint density at radius 3 is 2.70 bits per heavy atom. The molecule has 0 amide bonds. The fraction of sp³-hybridized carbons (Fsp3) is 0.625. The molecular weight excluding hydrogens is 252 g/mol. The summed E-state index contributed by atoms with van der Waals surface area (Å²) < 4.78 is 11.4. The highest BCUT2D eigenvalue weighted by Gasteiger charge is 2.11. The summed E-state index contributed by atoms with van der Waals surface area (Å²) in [5.41, 5.74) is 1.35. The van der Waals surface area contributed by atoms with Crippen molar-refractivity contribution in [3.8, 4) is 11.5 Å². The Morgan fingerprint density at radius 2 is 1.85 bits per heavy atom. The molecule has 0 atom stereocenters. The van der Waals surface area contributed by atoms with E-state index in [0.29, 0.717) is 0 Å². The minimum absolute atomic E-state index is 0.759. The number of nitrogens with zero attached hydrogens (tertiary/aromatic N) is 1. The summed E-state index contributed by atoms with van der Waals surface area (Å²) in [6.07, 6.45) is 3.28. The van der Waals surface area contributed by atoms with E-state index < -0.39 is 0 Å². The summed E-state index contributed by atoms with van der Waals surface area (Å²) >= 11 is 0. The fourth-order valence-corrected chi connectivity index (χ4v) is 2.80. The van der Waals surface area contributed by atoms with Gasteiger partial charge in [-0.2, -0.15) is 0 Å². The second kappa shape index (κ2) is 6.95. The maximum absolute atomic E-state index is 5.74. The quantitative estimate of drug-likeness (QED) is 0.907. The van der Waals surface area contributed by atoms with Gasteiger partial charge in [0, 0.05) is 32.6 Å². The van der Waals surface area contributed by atoms with E-state index in [1.807, 2.05) is 0 Å². The van der Waals surface area contributed by atoms with E-state index >= 15 is 0 Å². The topological polar surface area (TPSA) is 33.7 Å². The summed E-state index contributed by atoms with van der Waals surface area (Å²) in [7, 11) is 0. The molecule has 2 aliphatic rings. The van der Waals surface area contributed by atoms with Crippen LogP contribution >= 0.6 is 0 Å². The van der Waals surface area contributed by atoms with Gasteiger partial charge in [0.15, 0.2) is 11.5 Å². The third-order valence-electron chi connectivity index (χ3n) is 3.96. The van der Waals surface area contributed by atoms with Gasteiger partial charge >= 0.3 is 0 Å². The summed E-state index contributed by atoms with van der Waals surface area (Å²) in [5, 5.41) is 3.39. The molecule has 0 aliphatic carbocycles. The second-order valence-corrected chi connectivity index (χ2v) is 5.53. The van der Waals surface area contributed by atoms with E-state index in [4.69, 9.17) is 9.47 Å². The number of nitrogens with one attached hydrogen (secondary N) is 1. The lowest BCUT2D eigenvalue weighted by Gasteiger charge is -2.27. The first-order valence-electron chi connectivity index (χ1n) is 7.73. The number of fused-ring (bicyclic) bond motifs is 1. The van der Waals surface area contributed by atoms with Crippen molar-refractivity contribution in [2.24, 2.45) is 0 Å². The smallest absolute Gasteiger partial charge is 0.161 e. The largest absolute Gasteiger partial charge is 0.490 e. The van der Waals surface area contributed by atoms with Gasteiger partial charge < -0.3 is 19.7 Å². The molecule has 1 aromatic rings. The van der Waals surface area contributed by atoms with E-state index in [1.165, 1.54) is 31.6 Å². The maximum Gasteiger partial charge on any atom is 0.161 e. The van der Waals surface area contributed by atoms with Gasteiger partial charge in [-0.3, -0.25) is 0 Å². The standard InChI is InChI=1S/C16H24N2O2/c1(8-18-9-6-17-7-10-18)3-14-4-5-15-16(13-14)20-12-2-11-19-15/h4-5,13,17H,1-3,6-12H2. The Balaban J connectivity index is 1.51. The lowest BCUT2D eigenvalue weighted by atomic mass is 10.1. The van der Waals surface area contributed by atoms with E-state index in [-0.39, 0.29) is 0 Å². The maximum atomic E-state index is 5.74. The van der Waals surface area contributed by atoms with Crippen molar-refractivity contribution >= 4 is 0 Å². The Hall–Kier alpha value is -1.26. The minimum Gasteiger partial charge on any atom is -0.490 e. The molecule has 4 heteroatoms. The molecule has 1 aromatic carbocycles. The molecule has 3 rings (SSSR count). The molecule has 20 heavy (non-hydrogen) atoms. The molecule has 2 heterocycles. The highest BCUT2D eigenvalue weighted by molar-refractivity contribution is 5.43. The van der Waals surface area contributed by atoms with Crippen LogP contribution in [0.25, 0.3) is 0 Å². The Labute approximate surface area is 121 Å². The fourth-order valence-electron chi connectivity index (χ4n) is 2.80. The van der Waals surface area contributed by atoms with Crippen molar-refractivity contribution in [3.63, 3.8) is 0 Å². The first kappa shape index (κ1) is 13.7. The van der Waals surface area contributed by atoms with Crippen LogP contribution in [0.15, 0.2) is 18.2 Å². The number of hydrogen-bond acceptors (Lipinski definition) is 4. The molecule has 0 unspecified atom stereocenters. The predicted molar refractivity (Wildman–Crippen MR) is 79.7 cm³/mol. The van der Waals surface area contributed by atoms with Gasteiger partial charge in [0.2, 0.25) is 0 Å². The van der Waals surface area contributed by atoms with E-state index in [9.17, 15) is 0 Å². The normalized spacial score (nSPS) is 19.6. The number of hydrogen-bond donors (Lipinski definition) is 1. The Morgan fingerprint density at radius 1 is 1.05 bits per heavy atom. The first-order valence-corrected chi connectivity index (χ1v) is 7.73. The van der Waals surface area contributed by atoms with Gasteiger partial charge in [0.05, 0.1) is 13.2 Å². The zero-order valence-electron chi connectivity index (χ0n) is 12.1. The van der Waals surface area contributed by atoms with Crippen LogP contribution in [0.3, 0.4) is 0 Å². The third kappa shape index (κ3) is 3.64. The monoisotopic (exact) mass is 276 g/mol. The molecule has 110 valence electrons. The van der Waals surface area contributed by atoms with Crippen LogP contribution in [-0.2, 0) is 6.42 Å². The van der Waals surface area contributed by atoms with Crippen LogP contribution < -0.4 is 14.8 Å². The van der Waals surface area contributed by atoms with Crippen molar-refractivity contribution in [1.82, 2.24) is 10.2 Å². The van der Waals surface area contributed by atoms with Crippen molar-refractivity contribution in [2.75, 3.05) is 45.9 Å². The average Bonchev–Trinajstić information content (AvgIpc) is 2.73. The molecule has 4 nitrogen and oxygen atoms in total. The lowest BCUT2D eigenvalue weighted by molar-refractivity contribution is 0.238. The van der Waals surface area contributed by atoms with Gasteiger partial charge in [-0.05, 0) is 37.1 Å². The van der Waals surface area contributed by atoms with Crippen molar-refractivity contribution in [1.29, 1.82) is 0 Å². The SMILES string of the molecule is c1cc2c(cc1CCCN1CCNCC1)OCCCO2. The Bertz CT molecular complexity index is 430. The lowest BCUT2D eigenvalue weighted by Crippen LogP contribution is -2.43. The van der Waals surface area contributed by atoms with Crippen LogP contribution in [0.5, 0.6) is 11.5 Å². The van der Waals surface area contributed by atoms with E-state index in [1.54, 1.807) is 0 Å². The molecule has 2 aliphatic heterocycles. The molecule has 1 saturated heterocycles. The van der Waals surface area contributed by atoms with Crippen molar-refractivity contribution in [3.05, 3.63) is 23.8 Å². The Kier molecular flexibility index (Phi) is 4.77. The van der Waals surface area contributed by atoms with E-state index in [2.05, 4.69) is 28.4 Å². The van der Waals surface area contributed by atoms with Gasteiger partial charge in [0.1, 0.15) is 0 Å². The van der Waals surface area contributed by atoms with Crippen LogP contribution in [-0.4, -0.2) is 50.8 Å². The molecule has 0 radical (unpaired) electrons. The van der Waals surface area contributed by atoms with Crippen molar-refractivity contribution in [2.45, 2.75) is 19.3 Å². The average molecular weight is 276 g/mol. The first-order chi connectivity index (χ1) is 9.92. The highest BCUT2D eigenvalue weighted by atomic mass is 16.5. The second-order valence-electron chi connectivity index (χ2n) is 5.53. The summed E-state index contributed by atoms with van der Waals surface area (Å²) in [6.45, 7) is 7.33. The number of aryl methyl sites for hydroxylation is 1. The molecule has 1 fully saturated rings. The number of rotatable bonds is 4. The van der Waals surface area contributed by atoms with Crippen LogP contribution in [0.1, 0.15) is 18.4 Å². The molecule has 0 aromatic heterocycles. The molecular formula is C16H24N2O2. The van der Waals surface area contributed by atoms with Gasteiger partial charge in [-0.1, -0.05) is 6.07 Å². The zero-order chi connectivity index (χ0) is 13.6. The molecule has 0 bridgehead atoms. The van der Waals surface area contributed by atoms with Crippen LogP contribution in [0, 0.1) is 0 Å². The molecule has 0 spiro atoms.